The average molecular weight is 630 g/mol. The molecule has 2 heterocycles. The molecule has 15 heteroatoms. The van der Waals surface area contributed by atoms with E-state index in [1.54, 1.807) is 26.2 Å². The summed E-state index contributed by atoms with van der Waals surface area (Å²) in [6.07, 6.45) is 3.94. The molecule has 2 aromatic rings. The van der Waals surface area contributed by atoms with Gasteiger partial charge in [-0.2, -0.15) is 0 Å². The number of ether oxygens (including phenoxy) is 1. The molecule has 41 heavy (non-hydrogen) atoms. The van der Waals surface area contributed by atoms with Crippen molar-refractivity contribution >= 4 is 57.4 Å². The Morgan fingerprint density at radius 1 is 1.02 bits per heavy atom. The molecule has 0 fully saturated rings. The minimum absolute atomic E-state index is 0.167. The van der Waals surface area contributed by atoms with Crippen LogP contribution in [0, 0.1) is 5.92 Å². The van der Waals surface area contributed by atoms with Crippen molar-refractivity contribution in [1.82, 2.24) is 31.2 Å². The zero-order chi connectivity index (χ0) is 30.6. The molecule has 0 aromatic carbocycles. The zero-order valence-corrected chi connectivity index (χ0v) is 26.8. The number of hydrogen-bond donors (Lipinski definition) is 5. The van der Waals surface area contributed by atoms with Crippen LogP contribution >= 0.6 is 22.7 Å². The van der Waals surface area contributed by atoms with Crippen LogP contribution in [0.2, 0.25) is 0 Å². The molecule has 0 unspecified atom stereocenters. The van der Waals surface area contributed by atoms with Crippen molar-refractivity contribution in [3.05, 3.63) is 21.5 Å². The first-order valence-electron chi connectivity index (χ1n) is 13.2. The topological polar surface area (TPSA) is 172 Å². The number of amides is 4. The van der Waals surface area contributed by atoms with E-state index in [0.29, 0.717) is 46.8 Å². The molecule has 2 rings (SSSR count). The van der Waals surface area contributed by atoms with Gasteiger partial charge in [-0.25, -0.2) is 14.8 Å². The molecule has 0 aliphatic carbocycles. The molecule has 12 nitrogen and oxygen atoms in total. The molecule has 0 radical (unpaired) electrons. The molecule has 2 atom stereocenters. The first kappa shape index (κ1) is 34.5. The van der Waals surface area contributed by atoms with Crippen LogP contribution < -0.4 is 21.3 Å². The van der Waals surface area contributed by atoms with Crippen molar-refractivity contribution in [3.8, 4) is 10.7 Å². The van der Waals surface area contributed by atoms with E-state index in [0.717, 1.165) is 17.2 Å². The third kappa shape index (κ3) is 13.2. The highest BCUT2D eigenvalue weighted by molar-refractivity contribution is 7.95. The predicted octanol–water partition coefficient (Wildman–Crippen LogP) is 1.56. The van der Waals surface area contributed by atoms with Gasteiger partial charge in [-0.1, -0.05) is 6.92 Å². The normalized spacial score (nSPS) is 12.9. The number of aliphatic hydroxyl groups is 1. The zero-order valence-electron chi connectivity index (χ0n) is 24.4. The van der Waals surface area contributed by atoms with E-state index >= 15 is 0 Å². The molecule has 0 saturated heterocycles. The molecular weight excluding hydrogens is 589 g/mol. The Labute approximate surface area is 251 Å². The van der Waals surface area contributed by atoms with Crippen LogP contribution in [0.15, 0.2) is 10.8 Å². The lowest BCUT2D eigenvalue weighted by molar-refractivity contribution is -0.130. The predicted molar refractivity (Wildman–Crippen MR) is 163 cm³/mol. The first-order valence-corrected chi connectivity index (χ1v) is 17.1. The van der Waals surface area contributed by atoms with E-state index in [-0.39, 0.29) is 24.9 Å². The monoisotopic (exact) mass is 629 g/mol. The summed E-state index contributed by atoms with van der Waals surface area (Å²) in [4.78, 5) is 57.5. The van der Waals surface area contributed by atoms with Crippen LogP contribution in [-0.2, 0) is 31.6 Å². The average Bonchev–Trinajstić information content (AvgIpc) is 3.57. The summed E-state index contributed by atoms with van der Waals surface area (Å²) in [5, 5.41) is 25.8. The number of aromatic nitrogens is 2. The molecule has 0 aliphatic rings. The molecule has 228 valence electrons. The summed E-state index contributed by atoms with van der Waals surface area (Å²) in [7, 11) is 0.356. The number of thiazole rings is 2. The van der Waals surface area contributed by atoms with E-state index in [1.807, 2.05) is 5.38 Å². The van der Waals surface area contributed by atoms with Crippen LogP contribution in [0.25, 0.3) is 10.7 Å². The minimum atomic E-state index is -1.15. The van der Waals surface area contributed by atoms with E-state index < -0.39 is 29.6 Å². The first-order chi connectivity index (χ1) is 19.2. The number of alkyl carbamates (subject to hydrolysis) is 1. The molecule has 0 bridgehead atoms. The van der Waals surface area contributed by atoms with Crippen molar-refractivity contribution in [3.63, 3.8) is 0 Å². The number of nitrogens with zero attached hydrogens (tertiary/aromatic N) is 2. The van der Waals surface area contributed by atoms with Gasteiger partial charge in [0.1, 0.15) is 27.7 Å². The van der Waals surface area contributed by atoms with Gasteiger partial charge in [0, 0.05) is 43.2 Å². The van der Waals surface area contributed by atoms with Gasteiger partial charge in [0.05, 0.1) is 36.1 Å². The second kappa shape index (κ2) is 16.6. The van der Waals surface area contributed by atoms with Gasteiger partial charge in [-0.05, 0) is 31.7 Å². The number of carbonyl (C=O) groups excluding carboxylic acids is 4. The summed E-state index contributed by atoms with van der Waals surface area (Å²) in [5.74, 6) is -0.858. The number of nitrogens with one attached hydrogen (secondary N) is 4. The van der Waals surface area contributed by atoms with Gasteiger partial charge in [0.25, 0.3) is 5.91 Å². The molecule has 2 aromatic heterocycles. The van der Waals surface area contributed by atoms with Crippen LogP contribution in [0.5, 0.6) is 0 Å². The Bertz CT molecular complexity index is 1160. The van der Waals surface area contributed by atoms with Crippen LogP contribution in [0.4, 0.5) is 4.79 Å². The van der Waals surface area contributed by atoms with Gasteiger partial charge < -0.3 is 31.1 Å². The maximum absolute atomic E-state index is 12.3. The minimum Gasteiger partial charge on any atom is -0.444 e. The summed E-state index contributed by atoms with van der Waals surface area (Å²) in [5.41, 5.74) is 0.383. The number of rotatable bonds is 15. The SMILES string of the molecule is C[C@@H](C(=O)NCC(=O)NCCc1nc(-c2nc(C(=O)NCCC[S+](C)C)cs2)cs1)[C@@H](O)CNC(=O)OC(C)(C)C. The van der Waals surface area contributed by atoms with Gasteiger partial charge in [-0.15, -0.1) is 22.7 Å². The van der Waals surface area contributed by atoms with E-state index in [9.17, 15) is 24.3 Å². The maximum atomic E-state index is 12.3. The van der Waals surface area contributed by atoms with Crippen LogP contribution in [0.1, 0.15) is 49.6 Å². The smallest absolute Gasteiger partial charge is 0.407 e. The lowest BCUT2D eigenvalue weighted by Gasteiger charge is -2.22. The van der Waals surface area contributed by atoms with Crippen molar-refractivity contribution in [2.75, 3.05) is 44.4 Å². The number of hydrogen-bond acceptors (Lipinski definition) is 10. The molecule has 0 saturated carbocycles. The Kier molecular flexibility index (Phi) is 14.0. The highest BCUT2D eigenvalue weighted by Gasteiger charge is 2.24. The van der Waals surface area contributed by atoms with Crippen molar-refractivity contribution < 1.29 is 29.0 Å². The van der Waals surface area contributed by atoms with Gasteiger partial charge in [-0.3, -0.25) is 14.4 Å². The summed E-state index contributed by atoms with van der Waals surface area (Å²) in [6, 6.07) is 0. The highest BCUT2D eigenvalue weighted by Crippen LogP contribution is 2.25. The third-order valence-corrected chi connectivity index (χ3v) is 8.33. The standard InChI is InChI=1S/C26H40N6O6S3/c1-16(19(33)12-30-25(37)38-26(2,3)4)22(35)29-13-20(34)27-10-8-21-31-18(15-39-21)24-32-17(14-40-24)23(36)28-9-7-11-41(5)6/h14-16,19,33H,7-13H2,1-6H3,(H3-,27,28,29,30,34,35,36,37)/p+1/t16-,19+/m1/s1. The van der Waals surface area contributed by atoms with E-state index in [2.05, 4.69) is 43.7 Å². The highest BCUT2D eigenvalue weighted by atomic mass is 32.2. The largest absolute Gasteiger partial charge is 0.444 e. The van der Waals surface area contributed by atoms with Gasteiger partial charge >= 0.3 is 6.09 Å². The molecule has 4 amide bonds. The van der Waals surface area contributed by atoms with Gasteiger partial charge in [0.15, 0.2) is 0 Å². The van der Waals surface area contributed by atoms with Crippen LogP contribution in [0.3, 0.4) is 0 Å². The Balaban J connectivity index is 1.69. The quantitative estimate of drug-likeness (QED) is 0.146. The van der Waals surface area contributed by atoms with E-state index in [1.165, 1.54) is 29.6 Å². The molecule has 5 N–H and O–H groups in total. The summed E-state index contributed by atoms with van der Waals surface area (Å²) < 4.78 is 5.10. The van der Waals surface area contributed by atoms with Crippen molar-refractivity contribution in [2.24, 2.45) is 5.92 Å². The third-order valence-electron chi connectivity index (χ3n) is 5.45. The Morgan fingerprint density at radius 3 is 2.44 bits per heavy atom. The number of aliphatic hydroxyl groups excluding tert-OH is 1. The molecular formula is C26H41N6O6S3+. The fraction of sp³-hybridized carbons (Fsp3) is 0.615. The van der Waals surface area contributed by atoms with Crippen molar-refractivity contribution in [2.45, 2.75) is 52.2 Å². The van der Waals surface area contributed by atoms with Crippen molar-refractivity contribution in [1.29, 1.82) is 0 Å². The summed E-state index contributed by atoms with van der Waals surface area (Å²) >= 11 is 2.79. The second-order valence-corrected chi connectivity index (χ2v) is 14.7. The maximum Gasteiger partial charge on any atom is 0.407 e. The lowest BCUT2D eigenvalue weighted by Crippen LogP contribution is -2.45. The Morgan fingerprint density at radius 2 is 1.76 bits per heavy atom. The number of carbonyl (C=O) groups is 4. The lowest BCUT2D eigenvalue weighted by atomic mass is 10.0. The molecule has 0 aliphatic heterocycles. The van der Waals surface area contributed by atoms with E-state index in [4.69, 9.17) is 4.74 Å². The Hall–Kier alpha value is -2.75. The fourth-order valence-electron chi connectivity index (χ4n) is 3.23. The fourth-order valence-corrected chi connectivity index (χ4v) is 5.56. The van der Waals surface area contributed by atoms with Crippen LogP contribution in [-0.4, -0.2) is 95.0 Å². The summed E-state index contributed by atoms with van der Waals surface area (Å²) in [6.45, 7) is 7.19. The molecule has 0 spiro atoms. The second-order valence-electron chi connectivity index (χ2n) is 10.5. The van der Waals surface area contributed by atoms with Gasteiger partial charge in [0.2, 0.25) is 11.8 Å².